The average Bonchev–Trinajstić information content (AvgIpc) is 2.60. The standard InChI is InChI=1S/C17H15F3N2O4S/c1-11(23)22-8-9-26-16-7-6-14(10-15(16)22)27(24,25)21-13-4-2-12(3-5-13)17(18,19)20/h2-7,10,21H,8-9H2,1H3. The van der Waals surface area contributed by atoms with E-state index < -0.39 is 21.8 Å². The molecular formula is C17H15F3N2O4S. The number of hydrogen-bond acceptors (Lipinski definition) is 4. The summed E-state index contributed by atoms with van der Waals surface area (Å²) in [5.74, 6) is 0.120. The van der Waals surface area contributed by atoms with Gasteiger partial charge in [0.05, 0.1) is 22.7 Å². The third kappa shape index (κ3) is 4.00. The lowest BCUT2D eigenvalue weighted by Gasteiger charge is -2.29. The molecule has 2 aromatic carbocycles. The van der Waals surface area contributed by atoms with E-state index in [1.165, 1.54) is 30.0 Å². The van der Waals surface area contributed by atoms with E-state index in [1.807, 2.05) is 0 Å². The van der Waals surface area contributed by atoms with Crippen LogP contribution in [0.5, 0.6) is 5.75 Å². The van der Waals surface area contributed by atoms with Crippen LogP contribution >= 0.6 is 0 Å². The Labute approximate surface area is 153 Å². The summed E-state index contributed by atoms with van der Waals surface area (Å²) in [6, 6.07) is 7.67. The second-order valence-electron chi connectivity index (χ2n) is 5.83. The van der Waals surface area contributed by atoms with E-state index >= 15 is 0 Å². The van der Waals surface area contributed by atoms with Gasteiger partial charge in [-0.05, 0) is 42.5 Å². The van der Waals surface area contributed by atoms with E-state index in [1.54, 1.807) is 0 Å². The third-order valence-electron chi connectivity index (χ3n) is 3.95. The zero-order chi connectivity index (χ0) is 19.8. The van der Waals surface area contributed by atoms with Gasteiger partial charge in [-0.15, -0.1) is 0 Å². The number of anilines is 2. The summed E-state index contributed by atoms with van der Waals surface area (Å²) in [5.41, 5.74) is -0.571. The molecule has 6 nitrogen and oxygen atoms in total. The monoisotopic (exact) mass is 400 g/mol. The molecule has 0 spiro atoms. The zero-order valence-electron chi connectivity index (χ0n) is 14.1. The number of fused-ring (bicyclic) bond motifs is 1. The van der Waals surface area contributed by atoms with Crippen molar-refractivity contribution in [3.8, 4) is 5.75 Å². The van der Waals surface area contributed by atoms with Gasteiger partial charge in [0.1, 0.15) is 12.4 Å². The van der Waals surface area contributed by atoms with Crippen LogP contribution in [0.15, 0.2) is 47.4 Å². The first-order valence-corrected chi connectivity index (χ1v) is 9.31. The van der Waals surface area contributed by atoms with Crippen molar-refractivity contribution in [2.45, 2.75) is 18.0 Å². The topological polar surface area (TPSA) is 75.7 Å². The van der Waals surface area contributed by atoms with Crippen LogP contribution in [0, 0.1) is 0 Å². The minimum absolute atomic E-state index is 0.0135. The SMILES string of the molecule is CC(=O)N1CCOc2ccc(S(=O)(=O)Nc3ccc(C(F)(F)F)cc3)cc21. The van der Waals surface area contributed by atoms with Gasteiger partial charge < -0.3 is 9.64 Å². The Kier molecular flexibility index (Phi) is 4.77. The zero-order valence-corrected chi connectivity index (χ0v) is 14.9. The normalized spacial score (nSPS) is 14.3. The molecule has 0 bridgehead atoms. The number of nitrogens with one attached hydrogen (secondary N) is 1. The lowest BCUT2D eigenvalue weighted by atomic mass is 10.2. The van der Waals surface area contributed by atoms with Gasteiger partial charge in [-0.3, -0.25) is 9.52 Å². The molecule has 0 saturated carbocycles. The number of amides is 1. The van der Waals surface area contributed by atoms with Crippen LogP contribution in [0.4, 0.5) is 24.5 Å². The summed E-state index contributed by atoms with van der Waals surface area (Å²) in [6.07, 6.45) is -4.51. The lowest BCUT2D eigenvalue weighted by Crippen LogP contribution is -2.36. The maximum atomic E-state index is 12.6. The quantitative estimate of drug-likeness (QED) is 0.858. The van der Waals surface area contributed by atoms with Crippen LogP contribution in [-0.4, -0.2) is 27.5 Å². The summed E-state index contributed by atoms with van der Waals surface area (Å²) in [6.45, 7) is 1.94. The first kappa shape index (κ1) is 19.0. The molecule has 0 radical (unpaired) electrons. The number of carbonyl (C=O) groups excluding carboxylic acids is 1. The maximum absolute atomic E-state index is 12.6. The van der Waals surface area contributed by atoms with Crippen molar-refractivity contribution >= 4 is 27.3 Å². The Morgan fingerprint density at radius 1 is 1.15 bits per heavy atom. The summed E-state index contributed by atoms with van der Waals surface area (Å²) < 4.78 is 70.6. The Morgan fingerprint density at radius 2 is 1.81 bits per heavy atom. The van der Waals surface area contributed by atoms with Crippen LogP contribution in [0.3, 0.4) is 0 Å². The minimum Gasteiger partial charge on any atom is -0.490 e. The first-order valence-electron chi connectivity index (χ1n) is 7.83. The number of halogens is 3. The van der Waals surface area contributed by atoms with Crippen LogP contribution in [0.1, 0.15) is 12.5 Å². The highest BCUT2D eigenvalue weighted by Gasteiger charge is 2.30. The van der Waals surface area contributed by atoms with Crippen molar-refractivity contribution in [1.29, 1.82) is 0 Å². The van der Waals surface area contributed by atoms with E-state index in [-0.39, 0.29) is 23.0 Å². The van der Waals surface area contributed by atoms with Gasteiger partial charge in [0.25, 0.3) is 10.0 Å². The molecule has 0 fully saturated rings. The van der Waals surface area contributed by atoms with Gasteiger partial charge in [-0.25, -0.2) is 8.42 Å². The molecule has 27 heavy (non-hydrogen) atoms. The molecule has 1 amide bonds. The van der Waals surface area contributed by atoms with Gasteiger partial charge in [0, 0.05) is 12.6 Å². The highest BCUT2D eigenvalue weighted by atomic mass is 32.2. The molecule has 1 aliphatic rings. The maximum Gasteiger partial charge on any atom is 0.416 e. The van der Waals surface area contributed by atoms with Gasteiger partial charge in [0.15, 0.2) is 0 Å². The van der Waals surface area contributed by atoms with Crippen molar-refractivity contribution in [2.24, 2.45) is 0 Å². The predicted octanol–water partition coefficient (Wildman–Crippen LogP) is 3.25. The molecule has 3 rings (SSSR count). The van der Waals surface area contributed by atoms with Crippen molar-refractivity contribution in [1.82, 2.24) is 0 Å². The second-order valence-corrected chi connectivity index (χ2v) is 7.51. The van der Waals surface area contributed by atoms with Crippen LogP contribution in [0.2, 0.25) is 0 Å². The number of carbonyl (C=O) groups is 1. The molecule has 0 aromatic heterocycles. The Bertz CT molecular complexity index is 973. The Balaban J connectivity index is 1.89. The fraction of sp³-hybridized carbons (Fsp3) is 0.235. The van der Waals surface area contributed by atoms with E-state index in [2.05, 4.69) is 4.72 Å². The molecule has 0 saturated heterocycles. The number of ether oxygens (including phenoxy) is 1. The fourth-order valence-corrected chi connectivity index (χ4v) is 3.71. The highest BCUT2D eigenvalue weighted by Crippen LogP contribution is 2.34. The molecule has 10 heteroatoms. The molecule has 1 N–H and O–H groups in total. The van der Waals surface area contributed by atoms with Gasteiger partial charge in [-0.1, -0.05) is 0 Å². The molecule has 144 valence electrons. The van der Waals surface area contributed by atoms with E-state index in [0.717, 1.165) is 24.3 Å². The molecule has 0 unspecified atom stereocenters. The molecule has 0 atom stereocenters. The van der Waals surface area contributed by atoms with Crippen molar-refractivity contribution in [2.75, 3.05) is 22.8 Å². The second kappa shape index (κ2) is 6.76. The van der Waals surface area contributed by atoms with Gasteiger partial charge in [-0.2, -0.15) is 13.2 Å². The van der Waals surface area contributed by atoms with E-state index in [4.69, 9.17) is 4.74 Å². The molecule has 1 aliphatic heterocycles. The summed E-state index contributed by atoms with van der Waals surface area (Å²) >= 11 is 0. The van der Waals surface area contributed by atoms with Crippen molar-refractivity contribution < 1.29 is 31.1 Å². The molecule has 2 aromatic rings. The molecule has 1 heterocycles. The van der Waals surface area contributed by atoms with Crippen molar-refractivity contribution in [3.05, 3.63) is 48.0 Å². The van der Waals surface area contributed by atoms with Crippen LogP contribution < -0.4 is 14.4 Å². The Morgan fingerprint density at radius 3 is 2.41 bits per heavy atom. The van der Waals surface area contributed by atoms with Crippen molar-refractivity contribution in [3.63, 3.8) is 0 Å². The van der Waals surface area contributed by atoms with Gasteiger partial charge in [0.2, 0.25) is 5.91 Å². The molecular weight excluding hydrogens is 385 g/mol. The smallest absolute Gasteiger partial charge is 0.416 e. The number of alkyl halides is 3. The number of nitrogens with zero attached hydrogens (tertiary/aromatic N) is 1. The minimum atomic E-state index is -4.51. The largest absolute Gasteiger partial charge is 0.490 e. The van der Waals surface area contributed by atoms with Crippen LogP contribution in [0.25, 0.3) is 0 Å². The summed E-state index contributed by atoms with van der Waals surface area (Å²) in [4.78, 5) is 13.0. The number of benzene rings is 2. The third-order valence-corrected chi connectivity index (χ3v) is 5.33. The van der Waals surface area contributed by atoms with Crippen LogP contribution in [-0.2, 0) is 21.0 Å². The van der Waals surface area contributed by atoms with Gasteiger partial charge >= 0.3 is 6.18 Å². The summed E-state index contributed by atoms with van der Waals surface area (Å²) in [5, 5.41) is 0. The number of sulfonamides is 1. The average molecular weight is 400 g/mol. The van der Waals surface area contributed by atoms with E-state index in [0.29, 0.717) is 18.0 Å². The first-order chi connectivity index (χ1) is 12.6. The Hall–Kier alpha value is -2.75. The lowest BCUT2D eigenvalue weighted by molar-refractivity contribution is -0.137. The fourth-order valence-electron chi connectivity index (χ4n) is 2.63. The predicted molar refractivity (Wildman–Crippen MR) is 92.2 cm³/mol. The molecule has 0 aliphatic carbocycles. The highest BCUT2D eigenvalue weighted by molar-refractivity contribution is 7.92. The number of hydrogen-bond donors (Lipinski definition) is 1. The van der Waals surface area contributed by atoms with E-state index in [9.17, 15) is 26.4 Å². The summed E-state index contributed by atoms with van der Waals surface area (Å²) in [7, 11) is -4.07. The number of rotatable bonds is 3.